The Morgan fingerprint density at radius 2 is 1.51 bits per heavy atom. The molecule has 0 saturated heterocycles. The third-order valence-corrected chi connectivity index (χ3v) is 13.3. The summed E-state index contributed by atoms with van der Waals surface area (Å²) in [7, 11) is 0. The van der Waals surface area contributed by atoms with Gasteiger partial charge in [-0.05, 0) is 110 Å². The fourth-order valence-electron chi connectivity index (χ4n) is 11.8. The van der Waals surface area contributed by atoms with Crippen molar-refractivity contribution in [2.75, 3.05) is 0 Å². The first-order valence-corrected chi connectivity index (χ1v) is 14.0. The second-order valence-electron chi connectivity index (χ2n) is 14.8. The molecule has 0 unspecified atom stereocenters. The highest BCUT2D eigenvalue weighted by atomic mass is 16.4. The SMILES string of the molecule is C=C(C)[C@@H]1CC[C@]2(C(=O)O)CC[C@]3(C)[C@H](CC[C@@H]4[C@@]5(C)C[C@@H](O)[C@H](O)C(C)(C)[C@@H]5[C@@H](O)C[C@]43C)[C@@H]12. The summed E-state index contributed by atoms with van der Waals surface area (Å²) in [6.07, 6.45) is 4.24. The first kappa shape index (κ1) is 25.7. The summed E-state index contributed by atoms with van der Waals surface area (Å²) in [5.41, 5.74) is -0.635. The largest absolute Gasteiger partial charge is 0.481 e. The molecule has 0 aromatic rings. The number of rotatable bonds is 2. The number of carboxylic acid groups (broad SMARTS) is 1. The number of carbonyl (C=O) groups is 1. The fraction of sp³-hybridized carbons (Fsp3) is 0.900. The molecule has 0 aliphatic heterocycles. The molecule has 12 atom stereocenters. The van der Waals surface area contributed by atoms with E-state index in [1.807, 2.05) is 13.8 Å². The summed E-state index contributed by atoms with van der Waals surface area (Å²) >= 11 is 0. The Morgan fingerprint density at radius 3 is 2.11 bits per heavy atom. The number of fused-ring (bicyclic) bond motifs is 7. The van der Waals surface area contributed by atoms with Crippen LogP contribution in [0.15, 0.2) is 12.2 Å². The van der Waals surface area contributed by atoms with Crippen LogP contribution in [-0.2, 0) is 4.79 Å². The van der Waals surface area contributed by atoms with Crippen molar-refractivity contribution in [3.8, 4) is 0 Å². The van der Waals surface area contributed by atoms with E-state index in [9.17, 15) is 25.2 Å². The molecule has 5 fully saturated rings. The first-order valence-electron chi connectivity index (χ1n) is 14.0. The van der Waals surface area contributed by atoms with Crippen LogP contribution in [0.25, 0.3) is 0 Å². The molecule has 198 valence electrons. The van der Waals surface area contributed by atoms with Gasteiger partial charge in [-0.3, -0.25) is 4.79 Å². The van der Waals surface area contributed by atoms with Crippen LogP contribution < -0.4 is 0 Å². The average molecular weight is 489 g/mol. The molecule has 0 radical (unpaired) electrons. The second-order valence-corrected chi connectivity index (χ2v) is 14.8. The lowest BCUT2D eigenvalue weighted by molar-refractivity contribution is -0.289. The van der Waals surface area contributed by atoms with Crippen molar-refractivity contribution in [1.29, 1.82) is 0 Å². The lowest BCUT2D eigenvalue weighted by atomic mass is 9.31. The number of aliphatic hydroxyl groups is 3. The van der Waals surface area contributed by atoms with E-state index >= 15 is 0 Å². The van der Waals surface area contributed by atoms with Gasteiger partial charge in [0.25, 0.3) is 0 Å². The summed E-state index contributed by atoms with van der Waals surface area (Å²) in [6.45, 7) is 17.4. The minimum atomic E-state index is -0.841. The van der Waals surface area contributed by atoms with Gasteiger partial charge in [-0.25, -0.2) is 0 Å². The standard InChI is InChI=1S/C30H48O5/c1-16(2)17-10-11-30(25(34)35)13-12-28(6)18(22(17)30)8-9-21-27(5)14-20(32)24(33)26(3,4)23(27)19(31)15-29(21,28)7/h17-24,31-33H,1,8-15H2,2-7H3,(H,34,35)/t17-,18+,19-,20+,21+,22+,23-,24-,27+,28+,29+,30-/m0/s1. The van der Waals surface area contributed by atoms with Crippen LogP contribution in [0.5, 0.6) is 0 Å². The minimum Gasteiger partial charge on any atom is -0.481 e. The molecule has 5 aliphatic rings. The van der Waals surface area contributed by atoms with Crippen LogP contribution in [0.4, 0.5) is 0 Å². The van der Waals surface area contributed by atoms with E-state index in [-0.39, 0.29) is 39.9 Å². The summed E-state index contributed by atoms with van der Waals surface area (Å²) in [5.74, 6) is 0.251. The monoisotopic (exact) mass is 488 g/mol. The van der Waals surface area contributed by atoms with Gasteiger partial charge >= 0.3 is 5.97 Å². The zero-order valence-electron chi connectivity index (χ0n) is 22.7. The average Bonchev–Trinajstić information content (AvgIpc) is 3.13. The lowest BCUT2D eigenvalue weighted by Gasteiger charge is -2.73. The number of hydrogen-bond donors (Lipinski definition) is 4. The zero-order valence-corrected chi connectivity index (χ0v) is 22.7. The van der Waals surface area contributed by atoms with Crippen molar-refractivity contribution >= 4 is 5.97 Å². The molecular weight excluding hydrogens is 440 g/mol. The van der Waals surface area contributed by atoms with Crippen molar-refractivity contribution in [2.45, 2.75) is 111 Å². The van der Waals surface area contributed by atoms with E-state index < -0.39 is 35.1 Å². The summed E-state index contributed by atoms with van der Waals surface area (Å²) in [4.78, 5) is 12.8. The highest BCUT2D eigenvalue weighted by Gasteiger charge is 2.74. The predicted octanol–water partition coefficient (Wildman–Crippen LogP) is 5.03. The van der Waals surface area contributed by atoms with Gasteiger partial charge < -0.3 is 20.4 Å². The van der Waals surface area contributed by atoms with E-state index in [4.69, 9.17) is 0 Å². The lowest BCUT2D eigenvalue weighted by Crippen LogP contribution is -2.71. The van der Waals surface area contributed by atoms with E-state index in [1.54, 1.807) is 0 Å². The number of aliphatic carboxylic acids is 1. The van der Waals surface area contributed by atoms with E-state index in [0.717, 1.165) is 37.7 Å². The van der Waals surface area contributed by atoms with Crippen molar-refractivity contribution in [3.63, 3.8) is 0 Å². The highest BCUT2D eigenvalue weighted by Crippen LogP contribution is 2.77. The van der Waals surface area contributed by atoms with E-state index in [0.29, 0.717) is 25.2 Å². The van der Waals surface area contributed by atoms with Crippen LogP contribution in [0, 0.1) is 56.7 Å². The Kier molecular flexibility index (Phi) is 5.56. The van der Waals surface area contributed by atoms with Gasteiger partial charge in [0.2, 0.25) is 0 Å². The molecule has 0 aromatic carbocycles. The number of allylic oxidation sites excluding steroid dienone is 1. The Labute approximate surface area is 211 Å². The van der Waals surface area contributed by atoms with Gasteiger partial charge in [-0.1, -0.05) is 46.8 Å². The Bertz CT molecular complexity index is 928. The smallest absolute Gasteiger partial charge is 0.309 e. The van der Waals surface area contributed by atoms with Gasteiger partial charge in [-0.15, -0.1) is 0 Å². The van der Waals surface area contributed by atoms with Gasteiger partial charge in [-0.2, -0.15) is 0 Å². The van der Waals surface area contributed by atoms with E-state index in [1.165, 1.54) is 0 Å². The Morgan fingerprint density at radius 1 is 0.857 bits per heavy atom. The maximum Gasteiger partial charge on any atom is 0.309 e. The molecule has 5 saturated carbocycles. The zero-order chi connectivity index (χ0) is 25.9. The first-order chi connectivity index (χ1) is 16.1. The Hall–Kier alpha value is -0.910. The fourth-order valence-corrected chi connectivity index (χ4v) is 11.8. The molecular formula is C30H48O5. The topological polar surface area (TPSA) is 98.0 Å². The highest BCUT2D eigenvalue weighted by molar-refractivity contribution is 5.76. The van der Waals surface area contributed by atoms with Crippen LogP contribution in [-0.4, -0.2) is 44.7 Å². The summed E-state index contributed by atoms with van der Waals surface area (Å²) < 4.78 is 0. The van der Waals surface area contributed by atoms with Crippen LogP contribution >= 0.6 is 0 Å². The maximum atomic E-state index is 12.8. The molecule has 0 amide bonds. The van der Waals surface area contributed by atoms with Crippen LogP contribution in [0.1, 0.15) is 92.9 Å². The van der Waals surface area contributed by atoms with Gasteiger partial charge in [0.05, 0.1) is 23.7 Å². The van der Waals surface area contributed by atoms with Crippen molar-refractivity contribution < 1.29 is 25.2 Å². The van der Waals surface area contributed by atoms with Gasteiger partial charge in [0, 0.05) is 0 Å². The molecule has 0 aromatic heterocycles. The maximum absolute atomic E-state index is 12.8. The molecule has 0 spiro atoms. The van der Waals surface area contributed by atoms with E-state index in [2.05, 4.69) is 34.3 Å². The third-order valence-electron chi connectivity index (χ3n) is 13.3. The molecule has 5 aliphatic carbocycles. The number of hydrogen-bond acceptors (Lipinski definition) is 4. The molecule has 4 N–H and O–H groups in total. The second kappa shape index (κ2) is 7.57. The predicted molar refractivity (Wildman–Crippen MR) is 135 cm³/mol. The molecule has 35 heavy (non-hydrogen) atoms. The van der Waals surface area contributed by atoms with Crippen LogP contribution in [0.2, 0.25) is 0 Å². The normalized spacial score (nSPS) is 56.8. The molecule has 5 rings (SSSR count). The molecule has 0 heterocycles. The van der Waals surface area contributed by atoms with Crippen molar-refractivity contribution in [1.82, 2.24) is 0 Å². The van der Waals surface area contributed by atoms with Gasteiger partial charge in [0.15, 0.2) is 0 Å². The van der Waals surface area contributed by atoms with Crippen LogP contribution in [0.3, 0.4) is 0 Å². The quantitative estimate of drug-likeness (QED) is 0.409. The third kappa shape index (κ3) is 2.95. The summed E-state index contributed by atoms with van der Waals surface area (Å²) in [6, 6.07) is 0. The number of carboxylic acids is 1. The van der Waals surface area contributed by atoms with Gasteiger partial charge in [0.1, 0.15) is 0 Å². The number of aliphatic hydroxyl groups excluding tert-OH is 3. The Balaban J connectivity index is 1.61. The molecule has 0 bridgehead atoms. The molecule has 5 heteroatoms. The summed E-state index contributed by atoms with van der Waals surface area (Å²) in [5, 5.41) is 44.2. The minimum absolute atomic E-state index is 0.0806. The van der Waals surface area contributed by atoms with Crippen molar-refractivity contribution in [2.24, 2.45) is 56.7 Å². The molecule has 5 nitrogen and oxygen atoms in total. The van der Waals surface area contributed by atoms with Crippen molar-refractivity contribution in [3.05, 3.63) is 12.2 Å².